The number of carboxylic acid groups (broad SMARTS) is 1. The molecule has 0 spiro atoms. The van der Waals surface area contributed by atoms with Crippen molar-refractivity contribution >= 4 is 23.4 Å². The Hall–Kier alpha value is -3.67. The van der Waals surface area contributed by atoms with Crippen LogP contribution in [0.4, 0.5) is 20.6 Å². The van der Waals surface area contributed by atoms with E-state index in [-0.39, 0.29) is 18.3 Å². The van der Waals surface area contributed by atoms with Gasteiger partial charge in [-0.15, -0.1) is 0 Å². The maximum absolute atomic E-state index is 13.1. The maximum atomic E-state index is 13.1. The molecule has 0 radical (unpaired) electrons. The van der Waals surface area contributed by atoms with Crippen LogP contribution < -0.4 is 10.2 Å². The highest BCUT2D eigenvalue weighted by Gasteiger charge is 2.26. The van der Waals surface area contributed by atoms with E-state index in [1.165, 1.54) is 17.7 Å². The van der Waals surface area contributed by atoms with Crippen LogP contribution in [0.1, 0.15) is 49.1 Å². The molecule has 2 amide bonds. The van der Waals surface area contributed by atoms with Crippen molar-refractivity contribution in [3.63, 3.8) is 0 Å². The second kappa shape index (κ2) is 9.90. The quantitative estimate of drug-likeness (QED) is 0.427. The average Bonchev–Trinajstić information content (AvgIpc) is 3.29. The summed E-state index contributed by atoms with van der Waals surface area (Å²) < 4.78 is 13.1. The SMILES string of the molecule is O=C(O)C[C@H]1CC[C@H](c2ccc(-c3ccc4c(c3)CCN4C(=O)Nc3ccc(F)cc3)cc2)CC1. The largest absolute Gasteiger partial charge is 0.481 e. The number of carboxylic acids is 1. The molecule has 0 aromatic heterocycles. The smallest absolute Gasteiger partial charge is 0.326 e. The number of fused-ring (bicyclic) bond motifs is 1. The lowest BCUT2D eigenvalue weighted by Gasteiger charge is -2.28. The molecular formula is C29H29FN2O3. The van der Waals surface area contributed by atoms with Gasteiger partial charge in [-0.1, -0.05) is 30.3 Å². The van der Waals surface area contributed by atoms with Crippen LogP contribution >= 0.6 is 0 Å². The molecule has 3 aromatic rings. The van der Waals surface area contributed by atoms with Gasteiger partial charge in [0.25, 0.3) is 0 Å². The molecule has 0 unspecified atom stereocenters. The van der Waals surface area contributed by atoms with Gasteiger partial charge in [0.05, 0.1) is 0 Å². The van der Waals surface area contributed by atoms with Gasteiger partial charge in [-0.2, -0.15) is 0 Å². The van der Waals surface area contributed by atoms with Gasteiger partial charge in [-0.25, -0.2) is 9.18 Å². The summed E-state index contributed by atoms with van der Waals surface area (Å²) >= 11 is 0. The topological polar surface area (TPSA) is 69.6 Å². The Morgan fingerprint density at radius 3 is 2.29 bits per heavy atom. The van der Waals surface area contributed by atoms with Crippen LogP contribution in [0, 0.1) is 11.7 Å². The molecule has 1 aliphatic carbocycles. The molecule has 35 heavy (non-hydrogen) atoms. The number of nitrogens with one attached hydrogen (secondary N) is 1. The first-order chi connectivity index (χ1) is 17.0. The van der Waals surface area contributed by atoms with Crippen LogP contribution in [-0.2, 0) is 11.2 Å². The van der Waals surface area contributed by atoms with E-state index in [1.807, 2.05) is 6.07 Å². The average molecular weight is 473 g/mol. The number of carbonyl (C=O) groups is 2. The van der Waals surface area contributed by atoms with E-state index >= 15 is 0 Å². The van der Waals surface area contributed by atoms with Gasteiger partial charge in [0.1, 0.15) is 5.82 Å². The van der Waals surface area contributed by atoms with E-state index in [0.717, 1.165) is 54.5 Å². The number of hydrogen-bond donors (Lipinski definition) is 2. The highest BCUT2D eigenvalue weighted by molar-refractivity contribution is 6.03. The molecule has 0 bridgehead atoms. The van der Waals surface area contributed by atoms with Gasteiger partial charge < -0.3 is 10.4 Å². The van der Waals surface area contributed by atoms with Gasteiger partial charge in [0.15, 0.2) is 0 Å². The van der Waals surface area contributed by atoms with Gasteiger partial charge in [-0.3, -0.25) is 9.69 Å². The fourth-order valence-electron chi connectivity index (χ4n) is 5.41. The van der Waals surface area contributed by atoms with Crippen molar-refractivity contribution in [2.24, 2.45) is 5.92 Å². The van der Waals surface area contributed by atoms with E-state index in [1.54, 1.807) is 17.0 Å². The van der Waals surface area contributed by atoms with E-state index in [2.05, 4.69) is 41.7 Å². The molecule has 5 rings (SSSR count). The number of halogens is 1. The van der Waals surface area contributed by atoms with E-state index in [9.17, 15) is 14.0 Å². The summed E-state index contributed by atoms with van der Waals surface area (Å²) in [5.41, 5.74) is 6.21. The lowest BCUT2D eigenvalue weighted by atomic mass is 9.77. The number of nitrogens with zero attached hydrogens (tertiary/aromatic N) is 1. The van der Waals surface area contributed by atoms with E-state index in [0.29, 0.717) is 24.1 Å². The summed E-state index contributed by atoms with van der Waals surface area (Å²) in [5, 5.41) is 11.9. The zero-order valence-electron chi connectivity index (χ0n) is 19.5. The molecule has 1 aliphatic heterocycles. The Balaban J connectivity index is 1.24. The first-order valence-electron chi connectivity index (χ1n) is 12.3. The summed E-state index contributed by atoms with van der Waals surface area (Å²) in [6, 6.07) is 20.5. The molecule has 2 N–H and O–H groups in total. The number of carbonyl (C=O) groups excluding carboxylic acids is 1. The van der Waals surface area contributed by atoms with Crippen molar-refractivity contribution in [2.75, 3.05) is 16.8 Å². The lowest BCUT2D eigenvalue weighted by molar-refractivity contribution is -0.138. The second-order valence-electron chi connectivity index (χ2n) is 9.62. The summed E-state index contributed by atoms with van der Waals surface area (Å²) in [6.07, 6.45) is 5.13. The van der Waals surface area contributed by atoms with Crippen LogP contribution in [0.5, 0.6) is 0 Å². The molecule has 3 aromatic carbocycles. The third-order valence-corrected chi connectivity index (χ3v) is 7.34. The Bertz CT molecular complexity index is 1220. The van der Waals surface area contributed by atoms with E-state index in [4.69, 9.17) is 5.11 Å². The number of rotatable bonds is 5. The van der Waals surface area contributed by atoms with Crippen molar-refractivity contribution < 1.29 is 19.1 Å². The van der Waals surface area contributed by atoms with Crippen molar-refractivity contribution in [1.29, 1.82) is 0 Å². The van der Waals surface area contributed by atoms with Gasteiger partial charge >= 0.3 is 12.0 Å². The van der Waals surface area contributed by atoms with Crippen molar-refractivity contribution in [3.05, 3.63) is 83.7 Å². The van der Waals surface area contributed by atoms with Crippen LogP contribution in [0.3, 0.4) is 0 Å². The molecule has 1 fully saturated rings. The lowest BCUT2D eigenvalue weighted by Crippen LogP contribution is -2.33. The molecule has 2 aliphatic rings. The number of anilines is 2. The highest BCUT2D eigenvalue weighted by Crippen LogP contribution is 2.38. The predicted molar refractivity (Wildman–Crippen MR) is 135 cm³/mol. The first kappa shape index (κ1) is 23.1. The Labute approximate surface area is 204 Å². The normalized spacial score (nSPS) is 19.3. The van der Waals surface area contributed by atoms with Crippen molar-refractivity contribution in [3.8, 4) is 11.1 Å². The zero-order valence-corrected chi connectivity index (χ0v) is 19.5. The summed E-state index contributed by atoms with van der Waals surface area (Å²) in [7, 11) is 0. The third-order valence-electron chi connectivity index (χ3n) is 7.34. The van der Waals surface area contributed by atoms with Crippen LogP contribution in [0.2, 0.25) is 0 Å². The van der Waals surface area contributed by atoms with Crippen LogP contribution in [0.25, 0.3) is 11.1 Å². The monoisotopic (exact) mass is 472 g/mol. The summed E-state index contributed by atoms with van der Waals surface area (Å²) in [5.74, 6) is -0.212. The highest BCUT2D eigenvalue weighted by atomic mass is 19.1. The molecule has 5 nitrogen and oxygen atoms in total. The summed E-state index contributed by atoms with van der Waals surface area (Å²) in [4.78, 5) is 25.5. The molecule has 6 heteroatoms. The van der Waals surface area contributed by atoms with Crippen LogP contribution in [-0.4, -0.2) is 23.7 Å². The molecule has 180 valence electrons. The minimum atomic E-state index is -0.691. The zero-order chi connectivity index (χ0) is 24.4. The maximum Gasteiger partial charge on any atom is 0.326 e. The molecule has 1 heterocycles. The number of aliphatic carboxylic acids is 1. The van der Waals surface area contributed by atoms with Gasteiger partial charge in [-0.05, 0) is 103 Å². The molecular weight excluding hydrogens is 443 g/mol. The standard InChI is InChI=1S/C29H29FN2O3/c30-25-10-12-26(13-11-25)31-29(35)32-16-15-24-18-23(9-14-27(24)32)22-7-5-21(6-8-22)20-3-1-19(2-4-20)17-28(33)34/h5-14,18-20H,1-4,15-17H2,(H,31,35)(H,33,34)/t19-,20-. The Morgan fingerprint density at radius 2 is 1.60 bits per heavy atom. The fraction of sp³-hybridized carbons (Fsp3) is 0.310. The van der Waals surface area contributed by atoms with Crippen molar-refractivity contribution in [1.82, 2.24) is 0 Å². The second-order valence-corrected chi connectivity index (χ2v) is 9.62. The minimum Gasteiger partial charge on any atom is -0.481 e. The first-order valence-corrected chi connectivity index (χ1v) is 12.3. The third kappa shape index (κ3) is 5.21. The number of urea groups is 1. The molecule has 1 saturated carbocycles. The Kier molecular flexibility index (Phi) is 6.53. The number of hydrogen-bond acceptors (Lipinski definition) is 2. The Morgan fingerprint density at radius 1 is 0.914 bits per heavy atom. The summed E-state index contributed by atoms with van der Waals surface area (Å²) in [6.45, 7) is 0.606. The van der Waals surface area contributed by atoms with Gasteiger partial charge in [0, 0.05) is 24.3 Å². The van der Waals surface area contributed by atoms with E-state index < -0.39 is 5.97 Å². The molecule has 0 atom stereocenters. The predicted octanol–water partition coefficient (Wildman–Crippen LogP) is 6.84. The minimum absolute atomic E-state index is 0.217. The molecule has 0 saturated heterocycles. The number of benzene rings is 3. The van der Waals surface area contributed by atoms with Crippen LogP contribution in [0.15, 0.2) is 66.7 Å². The van der Waals surface area contributed by atoms with Gasteiger partial charge in [0.2, 0.25) is 0 Å². The fourth-order valence-corrected chi connectivity index (χ4v) is 5.41. The van der Waals surface area contributed by atoms with Crippen molar-refractivity contribution in [2.45, 2.75) is 44.4 Å². The number of amides is 2.